The highest BCUT2D eigenvalue weighted by molar-refractivity contribution is 6.33. The molecule has 0 bridgehead atoms. The number of anilines is 2. The summed E-state index contributed by atoms with van der Waals surface area (Å²) in [6.07, 6.45) is -1.30. The quantitative estimate of drug-likeness (QED) is 0.391. The van der Waals surface area contributed by atoms with Gasteiger partial charge in [0.25, 0.3) is 17.3 Å². The van der Waals surface area contributed by atoms with Gasteiger partial charge in [-0.25, -0.2) is 4.79 Å². The van der Waals surface area contributed by atoms with Crippen LogP contribution in [0.4, 0.5) is 22.7 Å². The van der Waals surface area contributed by atoms with Gasteiger partial charge in [-0.3, -0.25) is 25.0 Å². The number of non-ortho nitro benzene ring substituents is 1. The zero-order chi connectivity index (χ0) is 21.7. The number of nitro groups is 2. The van der Waals surface area contributed by atoms with Gasteiger partial charge in [0.15, 0.2) is 6.10 Å². The summed E-state index contributed by atoms with van der Waals surface area (Å²) in [6.45, 7) is 1.27. The summed E-state index contributed by atoms with van der Waals surface area (Å²) in [5.74, 6) is -1.74. The normalized spacial score (nSPS) is 11.3. The van der Waals surface area contributed by atoms with Crippen LogP contribution >= 0.6 is 11.6 Å². The van der Waals surface area contributed by atoms with Crippen molar-refractivity contribution in [1.29, 1.82) is 0 Å². The Morgan fingerprint density at radius 1 is 1.07 bits per heavy atom. The number of hydrogen-bond acceptors (Lipinski definition) is 8. The van der Waals surface area contributed by atoms with Crippen molar-refractivity contribution in [3.63, 3.8) is 0 Å². The number of ether oxygens (including phenoxy) is 1. The second-order valence-electron chi connectivity index (χ2n) is 5.70. The first-order chi connectivity index (χ1) is 13.6. The third kappa shape index (κ3) is 5.17. The molecule has 0 heterocycles. The maximum absolute atomic E-state index is 12.3. The molecule has 11 nitrogen and oxygen atoms in total. The summed E-state index contributed by atoms with van der Waals surface area (Å²) in [6, 6.07) is 7.15. The summed E-state index contributed by atoms with van der Waals surface area (Å²) < 4.78 is 5.03. The first-order valence-electron chi connectivity index (χ1n) is 8.06. The Morgan fingerprint density at radius 3 is 2.34 bits per heavy atom. The van der Waals surface area contributed by atoms with Crippen LogP contribution in [-0.4, -0.2) is 34.9 Å². The molecule has 0 saturated carbocycles. The van der Waals surface area contributed by atoms with Crippen LogP contribution in [0.15, 0.2) is 36.4 Å². The number of nitrogens with zero attached hydrogens (tertiary/aromatic N) is 2. The molecule has 2 rings (SSSR count). The van der Waals surface area contributed by atoms with Crippen molar-refractivity contribution in [2.75, 3.05) is 17.7 Å². The van der Waals surface area contributed by atoms with Crippen LogP contribution in [-0.2, 0) is 9.53 Å². The molecule has 0 fully saturated rings. The fourth-order valence-corrected chi connectivity index (χ4v) is 2.42. The van der Waals surface area contributed by atoms with E-state index in [9.17, 15) is 29.8 Å². The van der Waals surface area contributed by atoms with Crippen molar-refractivity contribution in [3.8, 4) is 0 Å². The third-order valence-electron chi connectivity index (χ3n) is 3.77. The molecule has 0 aliphatic carbocycles. The molecular weight excluding hydrogens is 408 g/mol. The predicted molar refractivity (Wildman–Crippen MR) is 104 cm³/mol. The van der Waals surface area contributed by atoms with Gasteiger partial charge >= 0.3 is 5.97 Å². The first-order valence-corrected chi connectivity index (χ1v) is 8.43. The van der Waals surface area contributed by atoms with Gasteiger partial charge in [-0.2, -0.15) is 0 Å². The zero-order valence-corrected chi connectivity index (χ0v) is 15.9. The number of rotatable bonds is 7. The standard InChI is InChI=1S/C17H15ClN4O7/c1-9(16(23)20-14-8-11(21(25)26)4-5-12(14)18)29-17(24)10-3-6-13(19-2)15(7-10)22(27)28/h3-9,19H,1-2H3,(H,20,23). The number of nitro benzene ring substituents is 2. The average molecular weight is 423 g/mol. The lowest BCUT2D eigenvalue weighted by molar-refractivity contribution is -0.384. The van der Waals surface area contributed by atoms with Crippen LogP contribution in [0.3, 0.4) is 0 Å². The molecule has 12 heteroatoms. The van der Waals surface area contributed by atoms with Crippen LogP contribution in [0.5, 0.6) is 0 Å². The van der Waals surface area contributed by atoms with Gasteiger partial charge in [0.2, 0.25) is 0 Å². The molecule has 0 aliphatic heterocycles. The van der Waals surface area contributed by atoms with Gasteiger partial charge < -0.3 is 15.4 Å². The molecular formula is C17H15ClN4O7. The van der Waals surface area contributed by atoms with Crippen molar-refractivity contribution in [2.45, 2.75) is 13.0 Å². The van der Waals surface area contributed by atoms with Crippen molar-refractivity contribution in [3.05, 3.63) is 67.2 Å². The van der Waals surface area contributed by atoms with Crippen LogP contribution < -0.4 is 10.6 Å². The highest BCUT2D eigenvalue weighted by atomic mass is 35.5. The summed E-state index contributed by atoms with van der Waals surface area (Å²) in [7, 11) is 1.49. The number of hydrogen-bond donors (Lipinski definition) is 2. The van der Waals surface area contributed by atoms with Crippen molar-refractivity contribution in [2.24, 2.45) is 0 Å². The molecule has 2 aromatic carbocycles. The minimum atomic E-state index is -1.30. The van der Waals surface area contributed by atoms with E-state index in [-0.39, 0.29) is 33.3 Å². The van der Waals surface area contributed by atoms with Gasteiger partial charge in [-0.05, 0) is 25.1 Å². The molecule has 0 aliphatic rings. The molecule has 29 heavy (non-hydrogen) atoms. The number of nitrogens with one attached hydrogen (secondary N) is 2. The van der Waals surface area contributed by atoms with Crippen LogP contribution in [0.25, 0.3) is 0 Å². The van der Waals surface area contributed by atoms with Crippen LogP contribution in [0, 0.1) is 20.2 Å². The van der Waals surface area contributed by atoms with Crippen molar-refractivity contribution >= 4 is 46.2 Å². The Kier molecular flexibility index (Phi) is 6.67. The first kappa shape index (κ1) is 21.6. The number of carbonyl (C=O) groups is 2. The number of benzene rings is 2. The number of esters is 1. The van der Waals surface area contributed by atoms with E-state index < -0.39 is 27.8 Å². The predicted octanol–water partition coefficient (Wildman–Crippen LogP) is 3.38. The lowest BCUT2D eigenvalue weighted by atomic mass is 10.1. The Labute approximate surface area is 168 Å². The molecule has 0 aromatic heterocycles. The van der Waals surface area contributed by atoms with E-state index in [1.807, 2.05) is 0 Å². The van der Waals surface area contributed by atoms with E-state index in [2.05, 4.69) is 10.6 Å². The highest BCUT2D eigenvalue weighted by Crippen LogP contribution is 2.27. The minimum Gasteiger partial charge on any atom is -0.449 e. The monoisotopic (exact) mass is 422 g/mol. The smallest absolute Gasteiger partial charge is 0.339 e. The van der Waals surface area contributed by atoms with Gasteiger partial charge in [0.05, 0.1) is 26.1 Å². The molecule has 1 amide bonds. The van der Waals surface area contributed by atoms with Crippen molar-refractivity contribution in [1.82, 2.24) is 0 Å². The van der Waals surface area contributed by atoms with Gasteiger partial charge in [0.1, 0.15) is 5.69 Å². The summed E-state index contributed by atoms with van der Waals surface area (Å²) in [5.41, 5.74) is -0.558. The Bertz CT molecular complexity index is 996. The fourth-order valence-electron chi connectivity index (χ4n) is 2.26. The molecule has 1 atom stereocenters. The maximum atomic E-state index is 12.3. The topological polar surface area (TPSA) is 154 Å². The van der Waals surface area contributed by atoms with Crippen LogP contribution in [0.2, 0.25) is 5.02 Å². The van der Waals surface area contributed by atoms with Gasteiger partial charge in [-0.15, -0.1) is 0 Å². The average Bonchev–Trinajstić information content (AvgIpc) is 2.68. The molecule has 0 radical (unpaired) electrons. The summed E-state index contributed by atoms with van der Waals surface area (Å²) in [4.78, 5) is 45.1. The van der Waals surface area contributed by atoms with E-state index in [1.54, 1.807) is 0 Å². The largest absolute Gasteiger partial charge is 0.449 e. The van der Waals surface area contributed by atoms with Gasteiger partial charge in [0, 0.05) is 25.2 Å². The number of halogens is 1. The lowest BCUT2D eigenvalue weighted by Crippen LogP contribution is -2.30. The molecule has 0 spiro atoms. The molecule has 1 unspecified atom stereocenters. The molecule has 2 N–H and O–H groups in total. The minimum absolute atomic E-state index is 0.0252. The Hall–Kier alpha value is -3.73. The van der Waals surface area contributed by atoms with E-state index in [0.29, 0.717) is 0 Å². The summed E-state index contributed by atoms with van der Waals surface area (Å²) in [5, 5.41) is 26.9. The van der Waals surface area contributed by atoms with E-state index >= 15 is 0 Å². The Balaban J connectivity index is 2.13. The Morgan fingerprint density at radius 2 is 1.76 bits per heavy atom. The van der Waals surface area contributed by atoms with Gasteiger partial charge in [-0.1, -0.05) is 11.6 Å². The second-order valence-corrected chi connectivity index (χ2v) is 6.10. The van der Waals surface area contributed by atoms with Crippen LogP contribution in [0.1, 0.15) is 17.3 Å². The second kappa shape index (κ2) is 8.97. The number of amides is 1. The third-order valence-corrected chi connectivity index (χ3v) is 4.10. The van der Waals surface area contributed by atoms with Crippen molar-refractivity contribution < 1.29 is 24.2 Å². The molecule has 0 saturated heterocycles. The fraction of sp³-hybridized carbons (Fsp3) is 0.176. The molecule has 2 aromatic rings. The highest BCUT2D eigenvalue weighted by Gasteiger charge is 2.23. The van der Waals surface area contributed by atoms with E-state index in [4.69, 9.17) is 16.3 Å². The summed E-state index contributed by atoms with van der Waals surface area (Å²) >= 11 is 5.91. The SMILES string of the molecule is CNc1ccc(C(=O)OC(C)C(=O)Nc2cc([N+](=O)[O-])ccc2Cl)cc1[N+](=O)[O-]. The number of carbonyl (C=O) groups excluding carboxylic acids is 2. The van der Waals surface area contributed by atoms with E-state index in [1.165, 1.54) is 38.2 Å². The maximum Gasteiger partial charge on any atom is 0.339 e. The van der Waals surface area contributed by atoms with E-state index in [0.717, 1.165) is 12.1 Å². The lowest BCUT2D eigenvalue weighted by Gasteiger charge is -2.14. The zero-order valence-electron chi connectivity index (χ0n) is 15.2. The molecule has 152 valence electrons.